The summed E-state index contributed by atoms with van der Waals surface area (Å²) >= 11 is 5.83. The maximum atomic E-state index is 12.9. The van der Waals surface area contributed by atoms with Crippen molar-refractivity contribution in [2.24, 2.45) is 5.10 Å². The van der Waals surface area contributed by atoms with E-state index in [9.17, 15) is 27.6 Å². The minimum atomic E-state index is -4.66. The van der Waals surface area contributed by atoms with Crippen molar-refractivity contribution >= 4 is 40.8 Å². The van der Waals surface area contributed by atoms with E-state index in [1.165, 1.54) is 13.0 Å². The number of hydrogen-bond acceptors (Lipinski definition) is 5. The number of halogens is 4. The highest BCUT2D eigenvalue weighted by molar-refractivity contribution is 6.41. The number of nitrogens with one attached hydrogen (secondary N) is 2. The van der Waals surface area contributed by atoms with Gasteiger partial charge in [-0.05, 0) is 56.3 Å². The molecule has 0 unspecified atom stereocenters. The number of ether oxygens (including phenoxy) is 1. The predicted molar refractivity (Wildman–Crippen MR) is 128 cm³/mol. The van der Waals surface area contributed by atoms with Crippen LogP contribution < -0.4 is 15.5 Å². The second kappa shape index (κ2) is 11.0. The van der Waals surface area contributed by atoms with E-state index < -0.39 is 29.5 Å². The lowest BCUT2D eigenvalue weighted by Gasteiger charge is -2.12. The maximum absolute atomic E-state index is 12.9. The number of aryl methyl sites for hydroxylation is 1. The van der Waals surface area contributed by atoms with Gasteiger partial charge in [0.15, 0.2) is 0 Å². The fourth-order valence-electron chi connectivity index (χ4n) is 3.01. The monoisotopic (exact) mass is 517 g/mol. The summed E-state index contributed by atoms with van der Waals surface area (Å²) < 4.78 is 44.2. The molecule has 0 atom stereocenters. The van der Waals surface area contributed by atoms with Crippen molar-refractivity contribution in [3.63, 3.8) is 0 Å². The number of esters is 1. The van der Waals surface area contributed by atoms with E-state index in [4.69, 9.17) is 16.3 Å². The summed E-state index contributed by atoms with van der Waals surface area (Å²) in [6.07, 6.45) is -4.66. The van der Waals surface area contributed by atoms with E-state index in [0.717, 1.165) is 17.7 Å². The van der Waals surface area contributed by atoms with Gasteiger partial charge in [0.2, 0.25) is 0 Å². The van der Waals surface area contributed by atoms with E-state index in [2.05, 4.69) is 5.10 Å². The average molecular weight is 518 g/mol. The molecule has 0 aliphatic heterocycles. The van der Waals surface area contributed by atoms with Gasteiger partial charge < -0.3 is 10.1 Å². The first-order valence-electron chi connectivity index (χ1n) is 10.4. The molecule has 0 heterocycles. The Hall–Kier alpha value is -4.18. The summed E-state index contributed by atoms with van der Waals surface area (Å²) in [6, 6.07) is 15.6. The Morgan fingerprint density at radius 2 is 1.67 bits per heavy atom. The van der Waals surface area contributed by atoms with E-state index in [0.29, 0.717) is 17.2 Å². The fraction of sp³-hybridized carbons (Fsp3) is 0.120. The summed E-state index contributed by atoms with van der Waals surface area (Å²) in [4.78, 5) is 36.9. The third-order valence-electron chi connectivity index (χ3n) is 4.81. The van der Waals surface area contributed by atoms with Gasteiger partial charge in [0.05, 0.1) is 27.5 Å². The number of hydrazone groups is 1. The number of benzene rings is 3. The molecule has 3 aromatic carbocycles. The molecule has 186 valence electrons. The first kappa shape index (κ1) is 26.4. The molecule has 0 aliphatic carbocycles. The molecule has 0 aliphatic rings. The molecule has 2 amide bonds. The first-order valence-corrected chi connectivity index (χ1v) is 10.7. The zero-order valence-electron chi connectivity index (χ0n) is 18.9. The van der Waals surface area contributed by atoms with Gasteiger partial charge in [0.25, 0.3) is 0 Å². The molecule has 0 bridgehead atoms. The number of carbonyl (C=O) groups excluding carboxylic acids is 3. The summed E-state index contributed by atoms with van der Waals surface area (Å²) in [5.41, 5.74) is 2.36. The summed E-state index contributed by atoms with van der Waals surface area (Å²) in [5, 5.41) is 5.68. The van der Waals surface area contributed by atoms with E-state index in [1.54, 1.807) is 36.4 Å². The Kier molecular flexibility index (Phi) is 8.11. The number of para-hydroxylation sites is 1. The number of hydrogen-bond donors (Lipinski definition) is 2. The van der Waals surface area contributed by atoms with Crippen molar-refractivity contribution in [3.8, 4) is 5.75 Å². The van der Waals surface area contributed by atoms with Crippen LogP contribution in [0.5, 0.6) is 5.75 Å². The van der Waals surface area contributed by atoms with Crippen LogP contribution in [0.3, 0.4) is 0 Å². The highest BCUT2D eigenvalue weighted by Crippen LogP contribution is 2.33. The molecule has 2 N–H and O–H groups in total. The molecule has 3 rings (SSSR count). The van der Waals surface area contributed by atoms with Crippen molar-refractivity contribution in [3.05, 3.63) is 94.0 Å². The molecule has 36 heavy (non-hydrogen) atoms. The van der Waals surface area contributed by atoms with Crippen molar-refractivity contribution in [1.82, 2.24) is 5.43 Å². The van der Waals surface area contributed by atoms with Crippen LogP contribution in [0.2, 0.25) is 5.02 Å². The van der Waals surface area contributed by atoms with Gasteiger partial charge in [0.1, 0.15) is 5.75 Å². The fourth-order valence-corrected chi connectivity index (χ4v) is 3.17. The molecule has 0 saturated heterocycles. The molecule has 0 saturated carbocycles. The second-order valence-corrected chi connectivity index (χ2v) is 7.95. The van der Waals surface area contributed by atoms with Crippen LogP contribution in [0, 0.1) is 6.92 Å². The minimum absolute atomic E-state index is 0.166. The van der Waals surface area contributed by atoms with Gasteiger partial charge in [0, 0.05) is 5.56 Å². The number of carbonyl (C=O) groups is 3. The van der Waals surface area contributed by atoms with Crippen LogP contribution in [0.15, 0.2) is 71.8 Å². The number of amides is 2. The predicted octanol–water partition coefficient (Wildman–Crippen LogP) is 5.37. The Morgan fingerprint density at radius 3 is 2.36 bits per heavy atom. The molecular formula is C25H19ClF3N3O4. The van der Waals surface area contributed by atoms with Gasteiger partial charge in [-0.25, -0.2) is 10.2 Å². The molecular weight excluding hydrogens is 499 g/mol. The van der Waals surface area contributed by atoms with E-state index in [-0.39, 0.29) is 22.2 Å². The first-order chi connectivity index (χ1) is 17.0. The van der Waals surface area contributed by atoms with Crippen LogP contribution in [-0.2, 0) is 15.8 Å². The quantitative estimate of drug-likeness (QED) is 0.156. The van der Waals surface area contributed by atoms with E-state index >= 15 is 0 Å². The SMILES string of the molecule is C/C(=N\NC(=O)C(=O)Nc1cc(C(F)(F)F)ccc1Cl)c1ccccc1OC(=O)c1cccc(C)c1. The van der Waals surface area contributed by atoms with Crippen LogP contribution in [0.1, 0.15) is 34.0 Å². The molecule has 0 aromatic heterocycles. The van der Waals surface area contributed by atoms with Crippen LogP contribution >= 0.6 is 11.6 Å². The zero-order valence-corrected chi connectivity index (χ0v) is 19.7. The lowest BCUT2D eigenvalue weighted by Crippen LogP contribution is -2.33. The Bertz CT molecular complexity index is 1360. The lowest BCUT2D eigenvalue weighted by atomic mass is 10.1. The van der Waals surface area contributed by atoms with Crippen molar-refractivity contribution in [1.29, 1.82) is 0 Å². The minimum Gasteiger partial charge on any atom is -0.422 e. The lowest BCUT2D eigenvalue weighted by molar-refractivity contribution is -0.137. The number of anilines is 1. The number of rotatable bonds is 5. The molecule has 0 spiro atoms. The summed E-state index contributed by atoms with van der Waals surface area (Å²) in [7, 11) is 0. The van der Waals surface area contributed by atoms with Crippen molar-refractivity contribution in [2.45, 2.75) is 20.0 Å². The van der Waals surface area contributed by atoms with Gasteiger partial charge in [-0.3, -0.25) is 9.59 Å². The molecule has 7 nitrogen and oxygen atoms in total. The van der Waals surface area contributed by atoms with Gasteiger partial charge in [-0.1, -0.05) is 41.4 Å². The number of alkyl halides is 3. The van der Waals surface area contributed by atoms with Crippen molar-refractivity contribution in [2.75, 3.05) is 5.32 Å². The smallest absolute Gasteiger partial charge is 0.416 e. The molecule has 0 radical (unpaired) electrons. The highest BCUT2D eigenvalue weighted by atomic mass is 35.5. The third-order valence-corrected chi connectivity index (χ3v) is 5.14. The van der Waals surface area contributed by atoms with Crippen LogP contribution in [0.4, 0.5) is 18.9 Å². The summed E-state index contributed by atoms with van der Waals surface area (Å²) in [6.45, 7) is 3.34. The normalized spacial score (nSPS) is 11.6. The largest absolute Gasteiger partial charge is 0.422 e. The standard InChI is InChI=1S/C25H19ClF3N3O4/c1-14-6-5-7-16(12-14)24(35)36-21-9-4-3-8-18(21)15(2)31-32-23(34)22(33)30-20-13-17(25(27,28)29)10-11-19(20)26/h3-13H,1-2H3,(H,30,33)(H,32,34)/b31-15+. The molecule has 0 fully saturated rings. The average Bonchev–Trinajstić information content (AvgIpc) is 2.83. The summed E-state index contributed by atoms with van der Waals surface area (Å²) in [5.74, 6) is -2.97. The zero-order chi connectivity index (χ0) is 26.5. The topological polar surface area (TPSA) is 96.9 Å². The van der Waals surface area contributed by atoms with Crippen LogP contribution in [-0.4, -0.2) is 23.5 Å². The molecule has 3 aromatic rings. The third kappa shape index (κ3) is 6.70. The Morgan fingerprint density at radius 1 is 0.944 bits per heavy atom. The van der Waals surface area contributed by atoms with Crippen LogP contribution in [0.25, 0.3) is 0 Å². The van der Waals surface area contributed by atoms with Gasteiger partial charge in [-0.15, -0.1) is 0 Å². The Balaban J connectivity index is 1.71. The number of nitrogens with zero attached hydrogens (tertiary/aromatic N) is 1. The highest BCUT2D eigenvalue weighted by Gasteiger charge is 2.31. The van der Waals surface area contributed by atoms with Gasteiger partial charge >= 0.3 is 24.0 Å². The van der Waals surface area contributed by atoms with Gasteiger partial charge in [-0.2, -0.15) is 18.3 Å². The van der Waals surface area contributed by atoms with Crippen molar-refractivity contribution < 1.29 is 32.3 Å². The maximum Gasteiger partial charge on any atom is 0.416 e. The van der Waals surface area contributed by atoms with E-state index in [1.807, 2.05) is 23.7 Å². The second-order valence-electron chi connectivity index (χ2n) is 7.54. The molecule has 11 heteroatoms. The Labute approximate surface area is 208 Å².